The Morgan fingerprint density at radius 1 is 1.04 bits per heavy atom. The van der Waals surface area contributed by atoms with E-state index in [0.717, 1.165) is 44.7 Å². The van der Waals surface area contributed by atoms with E-state index >= 15 is 0 Å². The largest absolute Gasteiger partial charge is 0.397 e. The van der Waals surface area contributed by atoms with Gasteiger partial charge >= 0.3 is 0 Å². The number of anilines is 3. The van der Waals surface area contributed by atoms with Gasteiger partial charge in [-0.05, 0) is 62.4 Å². The molecule has 1 aliphatic rings. The van der Waals surface area contributed by atoms with Crippen LogP contribution in [0.2, 0.25) is 0 Å². The lowest BCUT2D eigenvalue weighted by atomic mass is 10.1. The Labute approximate surface area is 146 Å². The third kappa shape index (κ3) is 4.02. The zero-order chi connectivity index (χ0) is 16.8. The van der Waals surface area contributed by atoms with Gasteiger partial charge in [-0.1, -0.05) is 24.3 Å². The first-order valence-electron chi connectivity index (χ1n) is 9.21. The van der Waals surface area contributed by atoms with Crippen molar-refractivity contribution in [3.05, 3.63) is 54.1 Å². The number of para-hydroxylation sites is 1. The van der Waals surface area contributed by atoms with E-state index in [1.165, 1.54) is 29.8 Å². The minimum atomic E-state index is 0.935. The summed E-state index contributed by atoms with van der Waals surface area (Å²) in [5, 5.41) is 0. The highest BCUT2D eigenvalue weighted by Gasteiger charge is 2.14. The molecule has 3 nitrogen and oxygen atoms in total. The van der Waals surface area contributed by atoms with Crippen LogP contribution in [0.25, 0.3) is 0 Å². The van der Waals surface area contributed by atoms with Crippen LogP contribution in [-0.4, -0.2) is 26.2 Å². The number of hydrogen-bond donors (Lipinski definition) is 1. The minimum Gasteiger partial charge on any atom is -0.397 e. The average Bonchev–Trinajstić information content (AvgIpc) is 3.14. The molecule has 3 heteroatoms. The lowest BCUT2D eigenvalue weighted by Gasteiger charge is -2.23. The summed E-state index contributed by atoms with van der Waals surface area (Å²) in [6.45, 7) is 6.63. The number of benzene rings is 2. The molecule has 24 heavy (non-hydrogen) atoms. The molecule has 0 saturated carbocycles. The zero-order valence-electron chi connectivity index (χ0n) is 14.7. The molecule has 2 aromatic carbocycles. The van der Waals surface area contributed by atoms with Crippen molar-refractivity contribution >= 4 is 17.1 Å². The van der Waals surface area contributed by atoms with Crippen molar-refractivity contribution < 1.29 is 0 Å². The summed E-state index contributed by atoms with van der Waals surface area (Å²) < 4.78 is 0. The van der Waals surface area contributed by atoms with Crippen molar-refractivity contribution in [2.75, 3.05) is 41.7 Å². The molecule has 128 valence electrons. The van der Waals surface area contributed by atoms with Crippen molar-refractivity contribution in [2.24, 2.45) is 0 Å². The SMILES string of the molecule is CCN(CCCc1ccc(N2CCCC2)c(N)c1)c1ccccc1. The molecule has 0 spiro atoms. The van der Waals surface area contributed by atoms with Gasteiger partial charge in [0.15, 0.2) is 0 Å². The van der Waals surface area contributed by atoms with E-state index in [2.05, 4.69) is 65.3 Å². The van der Waals surface area contributed by atoms with Gasteiger partial charge in [-0.3, -0.25) is 0 Å². The Balaban J connectivity index is 1.55. The van der Waals surface area contributed by atoms with E-state index in [-0.39, 0.29) is 0 Å². The van der Waals surface area contributed by atoms with Crippen molar-refractivity contribution in [2.45, 2.75) is 32.6 Å². The van der Waals surface area contributed by atoms with E-state index in [4.69, 9.17) is 5.73 Å². The number of nitrogens with two attached hydrogens (primary N) is 1. The summed E-state index contributed by atoms with van der Waals surface area (Å²) >= 11 is 0. The van der Waals surface area contributed by atoms with Gasteiger partial charge < -0.3 is 15.5 Å². The van der Waals surface area contributed by atoms with Crippen LogP contribution in [0.15, 0.2) is 48.5 Å². The summed E-state index contributed by atoms with van der Waals surface area (Å²) in [6, 6.07) is 17.3. The monoisotopic (exact) mass is 323 g/mol. The Bertz CT molecular complexity index is 633. The molecule has 0 amide bonds. The van der Waals surface area contributed by atoms with Crippen LogP contribution in [0.3, 0.4) is 0 Å². The lowest BCUT2D eigenvalue weighted by molar-refractivity contribution is 0.746. The molecular formula is C21H29N3. The van der Waals surface area contributed by atoms with E-state index in [9.17, 15) is 0 Å². The van der Waals surface area contributed by atoms with Crippen LogP contribution in [-0.2, 0) is 6.42 Å². The Morgan fingerprint density at radius 3 is 2.46 bits per heavy atom. The van der Waals surface area contributed by atoms with Crippen LogP contribution >= 0.6 is 0 Å². The van der Waals surface area contributed by atoms with Crippen LogP contribution in [0, 0.1) is 0 Å². The molecule has 0 radical (unpaired) electrons. The summed E-state index contributed by atoms with van der Waals surface area (Å²) in [4.78, 5) is 4.84. The molecule has 1 fully saturated rings. The maximum atomic E-state index is 6.30. The number of rotatable bonds is 7. The summed E-state index contributed by atoms with van der Waals surface area (Å²) in [5.74, 6) is 0. The summed E-state index contributed by atoms with van der Waals surface area (Å²) in [7, 11) is 0. The summed E-state index contributed by atoms with van der Waals surface area (Å²) in [5.41, 5.74) is 11.1. The van der Waals surface area contributed by atoms with Gasteiger partial charge in [-0.25, -0.2) is 0 Å². The second-order valence-electron chi connectivity index (χ2n) is 6.61. The second kappa shape index (κ2) is 8.09. The van der Waals surface area contributed by atoms with E-state index in [1.807, 2.05) is 0 Å². The van der Waals surface area contributed by atoms with Crippen LogP contribution < -0.4 is 15.5 Å². The van der Waals surface area contributed by atoms with Gasteiger partial charge in [-0.2, -0.15) is 0 Å². The fraction of sp³-hybridized carbons (Fsp3) is 0.429. The highest BCUT2D eigenvalue weighted by atomic mass is 15.2. The van der Waals surface area contributed by atoms with Crippen molar-refractivity contribution in [1.82, 2.24) is 0 Å². The third-order valence-corrected chi connectivity index (χ3v) is 4.94. The average molecular weight is 323 g/mol. The first kappa shape index (κ1) is 16.7. The highest BCUT2D eigenvalue weighted by molar-refractivity contribution is 5.68. The first-order valence-corrected chi connectivity index (χ1v) is 9.21. The first-order chi connectivity index (χ1) is 11.8. The molecule has 0 aromatic heterocycles. The molecule has 0 aliphatic carbocycles. The van der Waals surface area contributed by atoms with Gasteiger partial charge in [0.25, 0.3) is 0 Å². The normalized spacial score (nSPS) is 14.1. The number of nitrogens with zero attached hydrogens (tertiary/aromatic N) is 2. The van der Waals surface area contributed by atoms with E-state index in [0.29, 0.717) is 0 Å². The van der Waals surface area contributed by atoms with Crippen LogP contribution in [0.4, 0.5) is 17.1 Å². The van der Waals surface area contributed by atoms with E-state index in [1.54, 1.807) is 0 Å². The van der Waals surface area contributed by atoms with E-state index < -0.39 is 0 Å². The molecule has 1 heterocycles. The van der Waals surface area contributed by atoms with Gasteiger partial charge in [0, 0.05) is 31.9 Å². The quantitative estimate of drug-likeness (QED) is 0.770. The lowest BCUT2D eigenvalue weighted by Crippen LogP contribution is -2.24. The second-order valence-corrected chi connectivity index (χ2v) is 6.61. The van der Waals surface area contributed by atoms with Gasteiger partial charge in [0.1, 0.15) is 0 Å². The Hall–Kier alpha value is -2.16. The molecule has 0 atom stereocenters. The predicted octanol–water partition coefficient (Wildman–Crippen LogP) is 4.33. The molecule has 0 bridgehead atoms. The number of hydrogen-bond acceptors (Lipinski definition) is 3. The van der Waals surface area contributed by atoms with Gasteiger partial charge in [-0.15, -0.1) is 0 Å². The molecule has 2 N–H and O–H groups in total. The van der Waals surface area contributed by atoms with Gasteiger partial charge in [0.2, 0.25) is 0 Å². The molecule has 1 aliphatic heterocycles. The standard InChI is InChI=1S/C21H29N3/c1-2-23(19-10-4-3-5-11-19)16-8-9-18-12-13-21(20(22)17-18)24-14-6-7-15-24/h3-5,10-13,17H,2,6-9,14-16,22H2,1H3. The fourth-order valence-corrected chi connectivity index (χ4v) is 3.59. The fourth-order valence-electron chi connectivity index (χ4n) is 3.59. The maximum Gasteiger partial charge on any atom is 0.0600 e. The van der Waals surface area contributed by atoms with Crippen molar-refractivity contribution in [3.63, 3.8) is 0 Å². The number of aryl methyl sites for hydroxylation is 1. The van der Waals surface area contributed by atoms with Crippen LogP contribution in [0.5, 0.6) is 0 Å². The topological polar surface area (TPSA) is 32.5 Å². The van der Waals surface area contributed by atoms with Gasteiger partial charge in [0.05, 0.1) is 11.4 Å². The van der Waals surface area contributed by atoms with Crippen molar-refractivity contribution in [1.29, 1.82) is 0 Å². The zero-order valence-corrected chi connectivity index (χ0v) is 14.7. The molecule has 0 unspecified atom stereocenters. The predicted molar refractivity (Wildman–Crippen MR) is 105 cm³/mol. The number of nitrogen functional groups attached to an aromatic ring is 1. The molecule has 2 aromatic rings. The smallest absolute Gasteiger partial charge is 0.0600 e. The minimum absolute atomic E-state index is 0.935. The maximum absolute atomic E-state index is 6.30. The molecular weight excluding hydrogens is 294 g/mol. The highest BCUT2D eigenvalue weighted by Crippen LogP contribution is 2.28. The Kier molecular flexibility index (Phi) is 5.63. The third-order valence-electron chi connectivity index (χ3n) is 4.94. The Morgan fingerprint density at radius 2 is 1.79 bits per heavy atom. The molecule has 1 saturated heterocycles. The molecule has 3 rings (SSSR count). The summed E-state index contributed by atoms with van der Waals surface area (Å²) in [6.07, 6.45) is 4.79. The van der Waals surface area contributed by atoms with Crippen molar-refractivity contribution in [3.8, 4) is 0 Å². The van der Waals surface area contributed by atoms with Crippen LogP contribution in [0.1, 0.15) is 31.7 Å².